The second-order valence-electron chi connectivity index (χ2n) is 0.756. The molecule has 6 heteroatoms. The Morgan fingerprint density at radius 3 is 2.50 bits per heavy atom. The standard InChI is InChI=1S/C2H7O3PS.Na.H/c1-2-7-5-6(3)4;;/h6H,2H2,1H3,(H,3,4);;. The van der Waals surface area contributed by atoms with Gasteiger partial charge in [-0.3, -0.25) is 4.57 Å². The van der Waals surface area contributed by atoms with Gasteiger partial charge in [-0.2, -0.15) is 0 Å². The van der Waals surface area contributed by atoms with Gasteiger partial charge in [-0.25, -0.2) is 3.97 Å². The summed E-state index contributed by atoms with van der Waals surface area (Å²) in [6, 6.07) is 0. The third-order valence-electron chi connectivity index (χ3n) is 0.248. The normalized spacial score (nSPS) is 12.2. The Kier molecular flexibility index (Phi) is 13.0. The third-order valence-corrected chi connectivity index (χ3v) is 1.53. The summed E-state index contributed by atoms with van der Waals surface area (Å²) in [4.78, 5) is 7.99. The molecular formula is C2H8NaO3PS. The molecule has 0 saturated carbocycles. The first kappa shape index (κ1) is 12.2. The molecule has 0 saturated heterocycles. The van der Waals surface area contributed by atoms with Gasteiger partial charge in [-0.1, -0.05) is 6.92 Å². The first-order chi connectivity index (χ1) is 3.27. The summed E-state index contributed by atoms with van der Waals surface area (Å²) in [5, 5.41) is 0. The topological polar surface area (TPSA) is 46.5 Å². The van der Waals surface area contributed by atoms with Gasteiger partial charge in [0.05, 0.1) is 0 Å². The van der Waals surface area contributed by atoms with Crippen LogP contribution in [-0.4, -0.2) is 40.2 Å². The van der Waals surface area contributed by atoms with Crippen molar-refractivity contribution < 1.29 is 13.4 Å². The molecule has 0 rings (SSSR count). The van der Waals surface area contributed by atoms with E-state index in [0.717, 1.165) is 12.0 Å². The first-order valence-corrected chi connectivity index (χ1v) is 3.97. The summed E-state index contributed by atoms with van der Waals surface area (Å²) in [6.07, 6.45) is 0. The average Bonchev–Trinajstić information content (AvgIpc) is 1.61. The van der Waals surface area contributed by atoms with Crippen molar-refractivity contribution in [2.24, 2.45) is 0 Å². The molecule has 1 N–H and O–H groups in total. The minimum atomic E-state index is -2.68. The molecule has 0 aromatic carbocycles. The maximum absolute atomic E-state index is 9.70. The number of rotatable bonds is 3. The summed E-state index contributed by atoms with van der Waals surface area (Å²) >= 11 is 0.999. The SMILES string of the molecule is CCSO[PH](=O)O.[NaH]. The van der Waals surface area contributed by atoms with Crippen molar-refractivity contribution in [1.82, 2.24) is 0 Å². The molecule has 0 aliphatic carbocycles. The predicted molar refractivity (Wildman–Crippen MR) is 37.6 cm³/mol. The molecule has 0 aromatic rings. The quantitative estimate of drug-likeness (QED) is 0.374. The van der Waals surface area contributed by atoms with Crippen molar-refractivity contribution in [3.8, 4) is 0 Å². The summed E-state index contributed by atoms with van der Waals surface area (Å²) in [6.45, 7) is 1.84. The van der Waals surface area contributed by atoms with E-state index < -0.39 is 8.25 Å². The Labute approximate surface area is 75.6 Å². The Hall–Kier alpha value is 1.50. The van der Waals surface area contributed by atoms with Crippen LogP contribution in [0.2, 0.25) is 0 Å². The van der Waals surface area contributed by atoms with E-state index in [1.165, 1.54) is 0 Å². The van der Waals surface area contributed by atoms with Gasteiger partial charge in [0, 0.05) is 17.8 Å². The fourth-order valence-electron chi connectivity index (χ4n) is 0.109. The van der Waals surface area contributed by atoms with Crippen molar-refractivity contribution >= 4 is 49.9 Å². The van der Waals surface area contributed by atoms with E-state index in [9.17, 15) is 4.57 Å². The van der Waals surface area contributed by atoms with E-state index in [1.54, 1.807) is 0 Å². The summed E-state index contributed by atoms with van der Waals surface area (Å²) < 4.78 is 13.9. The van der Waals surface area contributed by atoms with Crippen LogP contribution in [-0.2, 0) is 8.54 Å². The Morgan fingerprint density at radius 2 is 2.38 bits per heavy atom. The van der Waals surface area contributed by atoms with Crippen LogP contribution in [0.5, 0.6) is 0 Å². The fraction of sp³-hybridized carbons (Fsp3) is 1.00. The van der Waals surface area contributed by atoms with Crippen molar-refractivity contribution in [2.75, 3.05) is 5.75 Å². The van der Waals surface area contributed by atoms with Gasteiger partial charge in [0.2, 0.25) is 0 Å². The molecule has 0 bridgehead atoms. The van der Waals surface area contributed by atoms with Gasteiger partial charge in [0.1, 0.15) is 0 Å². The van der Waals surface area contributed by atoms with E-state index in [-0.39, 0.29) is 29.6 Å². The molecule has 3 nitrogen and oxygen atoms in total. The second-order valence-corrected chi connectivity index (χ2v) is 2.77. The van der Waals surface area contributed by atoms with Crippen LogP contribution in [0.15, 0.2) is 0 Å². The van der Waals surface area contributed by atoms with Crippen LogP contribution in [0.3, 0.4) is 0 Å². The third kappa shape index (κ3) is 10.5. The van der Waals surface area contributed by atoms with Gasteiger partial charge in [-0.15, -0.1) is 0 Å². The molecule has 46 valence electrons. The molecule has 0 radical (unpaired) electrons. The molecule has 1 atom stereocenters. The van der Waals surface area contributed by atoms with Crippen LogP contribution < -0.4 is 0 Å². The van der Waals surface area contributed by atoms with Crippen molar-refractivity contribution in [3.63, 3.8) is 0 Å². The van der Waals surface area contributed by atoms with Gasteiger partial charge in [0.25, 0.3) is 0 Å². The van der Waals surface area contributed by atoms with Crippen LogP contribution in [0.25, 0.3) is 0 Å². The van der Waals surface area contributed by atoms with Crippen LogP contribution in [0.1, 0.15) is 6.92 Å². The Morgan fingerprint density at radius 1 is 1.88 bits per heavy atom. The zero-order valence-electron chi connectivity index (χ0n) is 3.88. The van der Waals surface area contributed by atoms with E-state index in [0.29, 0.717) is 5.75 Å². The molecule has 0 aliphatic rings. The molecule has 0 aliphatic heterocycles. The molecule has 8 heavy (non-hydrogen) atoms. The molecule has 0 fully saturated rings. The zero-order valence-corrected chi connectivity index (χ0v) is 5.70. The summed E-state index contributed by atoms with van der Waals surface area (Å²) in [5.41, 5.74) is 0. The fourth-order valence-corrected chi connectivity index (χ4v) is 0.984. The first-order valence-electron chi connectivity index (χ1n) is 1.79. The molecule has 0 heterocycles. The monoisotopic (exact) mass is 166 g/mol. The number of hydrogen-bond acceptors (Lipinski definition) is 3. The molecule has 0 spiro atoms. The van der Waals surface area contributed by atoms with E-state index in [4.69, 9.17) is 4.89 Å². The van der Waals surface area contributed by atoms with Gasteiger partial charge in [0.15, 0.2) is 0 Å². The Balaban J connectivity index is 0. The van der Waals surface area contributed by atoms with Gasteiger partial charge >= 0.3 is 37.8 Å². The van der Waals surface area contributed by atoms with Crippen LogP contribution in [0.4, 0.5) is 0 Å². The van der Waals surface area contributed by atoms with Crippen molar-refractivity contribution in [2.45, 2.75) is 6.92 Å². The van der Waals surface area contributed by atoms with Crippen molar-refractivity contribution in [1.29, 1.82) is 0 Å². The number of hydrogen-bond donors (Lipinski definition) is 1. The zero-order chi connectivity index (χ0) is 5.70. The van der Waals surface area contributed by atoms with Gasteiger partial charge < -0.3 is 4.89 Å². The molecular weight excluding hydrogens is 158 g/mol. The minimum absolute atomic E-state index is 0. The maximum atomic E-state index is 9.70. The molecule has 1 unspecified atom stereocenters. The Bertz CT molecular complexity index is 70.3. The summed E-state index contributed by atoms with van der Waals surface area (Å²) in [5.74, 6) is 0.705. The van der Waals surface area contributed by atoms with Crippen LogP contribution in [0, 0.1) is 0 Å². The second kappa shape index (κ2) is 8.50. The van der Waals surface area contributed by atoms with E-state index in [1.807, 2.05) is 6.92 Å². The predicted octanol–water partition coefficient (Wildman–Crippen LogP) is 0.405. The average molecular weight is 166 g/mol. The summed E-state index contributed by atoms with van der Waals surface area (Å²) in [7, 11) is -2.68. The van der Waals surface area contributed by atoms with Crippen LogP contribution >= 0.6 is 20.3 Å². The van der Waals surface area contributed by atoms with Crippen molar-refractivity contribution in [3.05, 3.63) is 0 Å². The van der Waals surface area contributed by atoms with Gasteiger partial charge in [-0.05, 0) is 0 Å². The van der Waals surface area contributed by atoms with E-state index >= 15 is 0 Å². The molecule has 0 aromatic heterocycles. The van der Waals surface area contributed by atoms with E-state index in [2.05, 4.69) is 3.97 Å². The molecule has 0 amide bonds.